The number of hydrogen-bond acceptors (Lipinski definition) is 5. The van der Waals surface area contributed by atoms with Crippen LogP contribution in [0.4, 0.5) is 5.69 Å². The molecule has 1 N–H and O–H groups in total. The van der Waals surface area contributed by atoms with Gasteiger partial charge in [0, 0.05) is 22.2 Å². The molecule has 0 aliphatic carbocycles. The van der Waals surface area contributed by atoms with Gasteiger partial charge in [-0.05, 0) is 56.7 Å². The fourth-order valence-corrected chi connectivity index (χ4v) is 4.21. The van der Waals surface area contributed by atoms with Crippen molar-refractivity contribution in [3.05, 3.63) is 101 Å². The number of hydrogen-bond donors (Lipinski definition) is 1. The van der Waals surface area contributed by atoms with E-state index in [1.54, 1.807) is 23.7 Å². The number of ether oxygens (including phenoxy) is 1. The molecular weight excluding hydrogens is 454 g/mol. The molecule has 0 saturated carbocycles. The number of benzene rings is 3. The van der Waals surface area contributed by atoms with Crippen molar-refractivity contribution in [3.8, 4) is 16.9 Å². The van der Waals surface area contributed by atoms with Gasteiger partial charge >= 0.3 is 5.97 Å². The number of para-hydroxylation sites is 2. The van der Waals surface area contributed by atoms with Crippen LogP contribution in [0.5, 0.6) is 0 Å². The maximum absolute atomic E-state index is 13.1. The van der Waals surface area contributed by atoms with Crippen LogP contribution >= 0.6 is 0 Å². The first kappa shape index (κ1) is 23.1. The molecule has 0 spiro atoms. The van der Waals surface area contributed by atoms with Gasteiger partial charge in [-0.3, -0.25) is 4.79 Å². The fourth-order valence-electron chi connectivity index (χ4n) is 4.21. The smallest absolute Gasteiger partial charge is 0.358 e. The topological polar surface area (TPSA) is 86.4 Å². The van der Waals surface area contributed by atoms with Gasteiger partial charge in [0.1, 0.15) is 5.58 Å². The number of aryl methyl sites for hydroxylation is 2. The Bertz CT molecular complexity index is 1600. The SMILES string of the molecule is CCOC(=O)c1cc(-c2cccc(NC(=O)c3oc4ccccc4c3C)c2)n(-c2ccccc2C)n1. The van der Waals surface area contributed by atoms with E-state index in [1.807, 2.05) is 80.6 Å². The van der Waals surface area contributed by atoms with E-state index >= 15 is 0 Å². The van der Waals surface area contributed by atoms with Crippen LogP contribution in [0.3, 0.4) is 0 Å². The molecule has 0 atom stereocenters. The highest BCUT2D eigenvalue weighted by Crippen LogP contribution is 2.29. The Morgan fingerprint density at radius 1 is 0.972 bits per heavy atom. The average Bonchev–Trinajstić information content (AvgIpc) is 3.47. The summed E-state index contributed by atoms with van der Waals surface area (Å²) in [6, 6.07) is 24.5. The number of nitrogens with one attached hydrogen (secondary N) is 1. The first-order valence-electron chi connectivity index (χ1n) is 11.7. The van der Waals surface area contributed by atoms with Crippen molar-refractivity contribution in [3.63, 3.8) is 0 Å². The second-order valence-electron chi connectivity index (χ2n) is 8.42. The second kappa shape index (κ2) is 9.54. The standard InChI is InChI=1S/C29H25N3O4/c1-4-35-29(34)23-17-25(32(31-23)24-14-7-5-10-18(24)2)20-11-9-12-21(16-20)30-28(33)27-19(3)22-13-6-8-15-26(22)36-27/h5-17H,4H2,1-3H3,(H,30,33). The predicted molar refractivity (Wildman–Crippen MR) is 139 cm³/mol. The summed E-state index contributed by atoms with van der Waals surface area (Å²) < 4.78 is 12.7. The molecule has 0 saturated heterocycles. The number of nitrogens with zero attached hydrogens (tertiary/aromatic N) is 2. The van der Waals surface area contributed by atoms with E-state index in [9.17, 15) is 9.59 Å². The number of anilines is 1. The predicted octanol–water partition coefficient (Wildman–Crippen LogP) is 6.33. The largest absolute Gasteiger partial charge is 0.461 e. The van der Waals surface area contributed by atoms with Crippen molar-refractivity contribution in [2.24, 2.45) is 0 Å². The van der Waals surface area contributed by atoms with Crippen LogP contribution in [0.15, 0.2) is 83.3 Å². The Labute approximate surface area is 208 Å². The lowest BCUT2D eigenvalue weighted by Gasteiger charge is -2.11. The first-order chi connectivity index (χ1) is 17.5. The lowest BCUT2D eigenvalue weighted by Crippen LogP contribution is -2.12. The number of carbonyl (C=O) groups excluding carboxylic acids is 2. The Balaban J connectivity index is 1.52. The number of aromatic nitrogens is 2. The summed E-state index contributed by atoms with van der Waals surface area (Å²) in [5.41, 5.74) is 5.58. The molecular formula is C29H25N3O4. The van der Waals surface area contributed by atoms with E-state index in [0.29, 0.717) is 17.0 Å². The van der Waals surface area contributed by atoms with Crippen LogP contribution in [0.2, 0.25) is 0 Å². The van der Waals surface area contributed by atoms with E-state index < -0.39 is 5.97 Å². The summed E-state index contributed by atoms with van der Waals surface area (Å²) >= 11 is 0. The van der Waals surface area contributed by atoms with Crippen LogP contribution in [0.1, 0.15) is 39.1 Å². The third kappa shape index (κ3) is 4.27. The van der Waals surface area contributed by atoms with E-state index in [2.05, 4.69) is 10.4 Å². The molecule has 0 unspecified atom stereocenters. The van der Waals surface area contributed by atoms with E-state index in [0.717, 1.165) is 27.8 Å². The minimum atomic E-state index is -0.490. The fraction of sp³-hybridized carbons (Fsp3) is 0.138. The number of fused-ring (bicyclic) bond motifs is 1. The van der Waals surface area contributed by atoms with Crippen LogP contribution in [0, 0.1) is 13.8 Å². The molecule has 0 bridgehead atoms. The summed E-state index contributed by atoms with van der Waals surface area (Å²) in [4.78, 5) is 25.5. The van der Waals surface area contributed by atoms with Crippen molar-refractivity contribution in [1.29, 1.82) is 0 Å². The average molecular weight is 480 g/mol. The highest BCUT2D eigenvalue weighted by atomic mass is 16.5. The molecule has 0 aliphatic heterocycles. The minimum Gasteiger partial charge on any atom is -0.461 e. The molecule has 3 aromatic carbocycles. The van der Waals surface area contributed by atoms with Crippen molar-refractivity contribution in [2.45, 2.75) is 20.8 Å². The van der Waals surface area contributed by atoms with Crippen LogP contribution in [0.25, 0.3) is 27.9 Å². The zero-order chi connectivity index (χ0) is 25.2. The number of furan rings is 1. The van der Waals surface area contributed by atoms with Gasteiger partial charge in [0.2, 0.25) is 0 Å². The second-order valence-corrected chi connectivity index (χ2v) is 8.42. The van der Waals surface area contributed by atoms with Gasteiger partial charge < -0.3 is 14.5 Å². The molecule has 36 heavy (non-hydrogen) atoms. The Hall–Kier alpha value is -4.65. The van der Waals surface area contributed by atoms with Gasteiger partial charge in [-0.2, -0.15) is 5.10 Å². The molecule has 7 heteroatoms. The number of esters is 1. The molecule has 5 rings (SSSR count). The summed E-state index contributed by atoms with van der Waals surface area (Å²) in [6.45, 7) is 5.87. The van der Waals surface area contributed by atoms with Crippen molar-refractivity contribution < 1.29 is 18.7 Å². The molecule has 0 fully saturated rings. The molecule has 1 amide bonds. The van der Waals surface area contributed by atoms with Crippen molar-refractivity contribution in [1.82, 2.24) is 9.78 Å². The Morgan fingerprint density at radius 3 is 2.53 bits per heavy atom. The summed E-state index contributed by atoms with van der Waals surface area (Å²) in [5.74, 6) is -0.549. The van der Waals surface area contributed by atoms with Gasteiger partial charge in [-0.1, -0.05) is 48.5 Å². The van der Waals surface area contributed by atoms with Gasteiger partial charge in [0.15, 0.2) is 11.5 Å². The molecule has 7 nitrogen and oxygen atoms in total. The highest BCUT2D eigenvalue weighted by molar-refractivity contribution is 6.06. The number of carbonyl (C=O) groups is 2. The number of rotatable bonds is 6. The van der Waals surface area contributed by atoms with E-state index in [1.165, 1.54) is 0 Å². The molecule has 180 valence electrons. The maximum Gasteiger partial charge on any atom is 0.358 e. The van der Waals surface area contributed by atoms with Gasteiger partial charge in [-0.25, -0.2) is 9.48 Å². The molecule has 0 aliphatic rings. The van der Waals surface area contributed by atoms with Crippen LogP contribution in [-0.4, -0.2) is 28.3 Å². The molecule has 0 radical (unpaired) electrons. The molecule has 2 aromatic heterocycles. The van der Waals surface area contributed by atoms with Gasteiger partial charge in [-0.15, -0.1) is 0 Å². The Kier molecular flexibility index (Phi) is 6.12. The zero-order valence-electron chi connectivity index (χ0n) is 20.2. The monoisotopic (exact) mass is 479 g/mol. The Morgan fingerprint density at radius 2 is 1.75 bits per heavy atom. The lowest BCUT2D eigenvalue weighted by atomic mass is 10.1. The molecule has 2 heterocycles. The maximum atomic E-state index is 13.1. The zero-order valence-corrected chi connectivity index (χ0v) is 20.2. The van der Waals surface area contributed by atoms with Gasteiger partial charge in [0.05, 0.1) is 18.0 Å². The van der Waals surface area contributed by atoms with E-state index in [-0.39, 0.29) is 24.0 Å². The highest BCUT2D eigenvalue weighted by Gasteiger charge is 2.20. The summed E-state index contributed by atoms with van der Waals surface area (Å²) in [6.07, 6.45) is 0. The van der Waals surface area contributed by atoms with Crippen molar-refractivity contribution >= 4 is 28.5 Å². The van der Waals surface area contributed by atoms with E-state index in [4.69, 9.17) is 9.15 Å². The number of amides is 1. The van der Waals surface area contributed by atoms with Crippen molar-refractivity contribution in [2.75, 3.05) is 11.9 Å². The minimum absolute atomic E-state index is 0.211. The molecule has 5 aromatic rings. The third-order valence-electron chi connectivity index (χ3n) is 6.00. The van der Waals surface area contributed by atoms with Gasteiger partial charge in [0.25, 0.3) is 5.91 Å². The van der Waals surface area contributed by atoms with Crippen LogP contribution in [-0.2, 0) is 4.74 Å². The lowest BCUT2D eigenvalue weighted by molar-refractivity contribution is 0.0519. The quantitative estimate of drug-likeness (QED) is 0.288. The van der Waals surface area contributed by atoms with Crippen LogP contribution < -0.4 is 5.32 Å². The normalized spacial score (nSPS) is 11.0. The summed E-state index contributed by atoms with van der Waals surface area (Å²) in [5, 5.41) is 8.39. The first-order valence-corrected chi connectivity index (χ1v) is 11.7. The summed E-state index contributed by atoms with van der Waals surface area (Å²) in [7, 11) is 0. The third-order valence-corrected chi connectivity index (χ3v) is 6.00.